The summed E-state index contributed by atoms with van der Waals surface area (Å²) in [5.41, 5.74) is 10.6. The molecule has 0 spiro atoms. The fourth-order valence-electron chi connectivity index (χ4n) is 10.2. The number of nitrogens with zero attached hydrogens (tertiary/aromatic N) is 3. The molecule has 76 heavy (non-hydrogen) atoms. The van der Waals surface area contributed by atoms with E-state index in [4.69, 9.17) is 23.9 Å². The number of amides is 1. The number of aryl methyl sites for hydroxylation is 3. The predicted octanol–water partition coefficient (Wildman–Crippen LogP) is 13.3. The molecule has 2 aliphatic heterocycles. The van der Waals surface area contributed by atoms with Gasteiger partial charge in [0.25, 0.3) is 5.91 Å². The summed E-state index contributed by atoms with van der Waals surface area (Å²) in [7, 11) is 0.334. The van der Waals surface area contributed by atoms with E-state index in [1.54, 1.807) is 65.8 Å². The van der Waals surface area contributed by atoms with E-state index in [1.807, 2.05) is 68.4 Å². The second kappa shape index (κ2) is 22.9. The highest BCUT2D eigenvalue weighted by atomic mass is 19.2. The number of carbonyl (C=O) groups is 5. The number of hydrogen-bond donors (Lipinski definition) is 0. The zero-order valence-electron chi connectivity index (χ0n) is 45.5. The third-order valence-corrected chi connectivity index (χ3v) is 14.0. The van der Waals surface area contributed by atoms with Crippen LogP contribution in [0.5, 0.6) is 17.2 Å². The van der Waals surface area contributed by atoms with E-state index in [2.05, 4.69) is 32.9 Å². The summed E-state index contributed by atoms with van der Waals surface area (Å²) in [5.74, 6) is 0.584. The van der Waals surface area contributed by atoms with Gasteiger partial charge in [0.15, 0.2) is 6.29 Å². The van der Waals surface area contributed by atoms with Crippen molar-refractivity contribution in [3.63, 3.8) is 0 Å². The van der Waals surface area contributed by atoms with E-state index in [9.17, 15) is 32.6 Å². The Bertz CT molecular complexity index is 3390. The number of allylic oxidation sites excluding steroid dienone is 1. The average molecular weight is 1030 g/mol. The van der Waals surface area contributed by atoms with Gasteiger partial charge in [-0.05, 0) is 167 Å². The number of unbranched alkanes of at least 4 members (excludes halogenated alkanes) is 1. The van der Waals surface area contributed by atoms with Crippen molar-refractivity contribution in [2.45, 2.75) is 101 Å². The molecule has 0 N–H and O–H groups in total. The maximum atomic E-state index is 14.7. The van der Waals surface area contributed by atoms with E-state index in [1.165, 1.54) is 12.5 Å². The molecule has 1 amide bonds. The molecule has 0 saturated heterocycles. The van der Waals surface area contributed by atoms with Crippen LogP contribution in [0.3, 0.4) is 0 Å². The zero-order chi connectivity index (χ0) is 55.5. The van der Waals surface area contributed by atoms with Gasteiger partial charge >= 0.3 is 19.3 Å². The minimum absolute atomic E-state index is 0.0400. The van der Waals surface area contributed by atoms with E-state index in [0.717, 1.165) is 74.5 Å². The van der Waals surface area contributed by atoms with Gasteiger partial charge in [-0.25, -0.2) is 9.59 Å². The van der Waals surface area contributed by atoms with E-state index < -0.39 is 19.3 Å². The Kier molecular flexibility index (Phi) is 16.8. The van der Waals surface area contributed by atoms with Gasteiger partial charge < -0.3 is 33.1 Å². The molecule has 5 aromatic carbocycles. The summed E-state index contributed by atoms with van der Waals surface area (Å²) in [5, 5.41) is 1.38. The number of hydrogen-bond acceptors (Lipinski definition) is 10. The van der Waals surface area contributed by atoms with Crippen LogP contribution in [0.15, 0.2) is 101 Å². The standard InChI is InChI=1S/C33H31NO4.C28H33BF2N2O5/c1-33(2,3)23-11-16-28-27(19-23)25-14-10-22(20-36)30-26(15-17-29(38-28)31(25)30)32(37)34(4)24-12-8-21(9-13-24)7-5-6-18-35;1-10-37-27(34)22-16(5)25(32-18(22)7)24(21-14(3)12-20(36-9)13-15(21)4)26-17(6)23(28(35)38-11-2)19(8)33(26)29(30)31/h8-20H,5-7H2,1-4H3;12-13H,10-11H2,1-9H3/b;25-24-. The highest BCUT2D eigenvalue weighted by molar-refractivity contribution is 6.42. The summed E-state index contributed by atoms with van der Waals surface area (Å²) in [6.07, 6.45) is 3.88. The summed E-state index contributed by atoms with van der Waals surface area (Å²) >= 11 is 0. The molecule has 0 fully saturated rings. The highest BCUT2D eigenvalue weighted by Crippen LogP contribution is 2.49. The highest BCUT2D eigenvalue weighted by Gasteiger charge is 2.37. The average Bonchev–Trinajstić information content (AvgIpc) is 3.84. The third-order valence-electron chi connectivity index (χ3n) is 14.0. The minimum atomic E-state index is -2.96. The lowest BCUT2D eigenvalue weighted by atomic mass is 9.83. The third kappa shape index (κ3) is 10.6. The van der Waals surface area contributed by atoms with Gasteiger partial charge in [-0.2, -0.15) is 0 Å². The Hall–Kier alpha value is -7.94. The van der Waals surface area contributed by atoms with Crippen molar-refractivity contribution in [1.82, 2.24) is 4.48 Å². The summed E-state index contributed by atoms with van der Waals surface area (Å²) in [4.78, 5) is 68.6. The lowest BCUT2D eigenvalue weighted by molar-refractivity contribution is -0.137. The Balaban J connectivity index is 0.000000221. The van der Waals surface area contributed by atoms with Crippen LogP contribution in [0.4, 0.5) is 14.3 Å². The van der Waals surface area contributed by atoms with E-state index in [-0.39, 0.29) is 41.5 Å². The molecule has 0 aliphatic carbocycles. The molecule has 2 aliphatic rings. The Morgan fingerprint density at radius 2 is 1.43 bits per heavy atom. The molecule has 12 nitrogen and oxygen atoms in total. The van der Waals surface area contributed by atoms with Crippen LogP contribution >= 0.6 is 0 Å². The van der Waals surface area contributed by atoms with Crippen LogP contribution in [-0.2, 0) is 30.9 Å². The van der Waals surface area contributed by atoms with E-state index >= 15 is 0 Å². The molecule has 6 aromatic rings. The van der Waals surface area contributed by atoms with Gasteiger partial charge in [0, 0.05) is 63.6 Å². The first kappa shape index (κ1) is 55.8. The minimum Gasteiger partial charge on any atom is -0.497 e. The van der Waals surface area contributed by atoms with Crippen molar-refractivity contribution in [1.29, 1.82) is 0 Å². The molecular formula is C61H64BF2N3O9. The number of methoxy groups -OCH3 is 1. The van der Waals surface area contributed by atoms with Gasteiger partial charge in [0.05, 0.1) is 42.9 Å². The topological polar surface area (TPSA) is 143 Å². The van der Waals surface area contributed by atoms with Crippen LogP contribution in [-0.4, -0.2) is 75.4 Å². The molecule has 1 aromatic heterocycles. The van der Waals surface area contributed by atoms with Crippen molar-refractivity contribution >= 4 is 65.6 Å². The lowest BCUT2D eigenvalue weighted by Crippen LogP contribution is -2.26. The fraction of sp³-hybridized carbons (Fsp3) is 0.311. The molecule has 394 valence electrons. The number of carbonyl (C=O) groups excluding carboxylic acids is 5. The van der Waals surface area contributed by atoms with Crippen molar-refractivity contribution in [2.24, 2.45) is 4.99 Å². The largest absolute Gasteiger partial charge is 0.677 e. The van der Waals surface area contributed by atoms with Crippen LogP contribution in [0.2, 0.25) is 0 Å². The Morgan fingerprint density at radius 3 is 2.03 bits per heavy atom. The molecular weight excluding hydrogens is 967 g/mol. The first-order chi connectivity index (χ1) is 36.1. The van der Waals surface area contributed by atoms with Crippen LogP contribution in [0.1, 0.15) is 137 Å². The normalized spacial score (nSPS) is 13.2. The molecule has 0 radical (unpaired) electrons. The molecule has 8 rings (SSSR count). The second-order valence-corrected chi connectivity index (χ2v) is 19.9. The molecule has 3 heterocycles. The first-order valence-electron chi connectivity index (χ1n) is 25.3. The number of halogens is 2. The van der Waals surface area contributed by atoms with Crippen molar-refractivity contribution in [3.05, 3.63) is 157 Å². The molecule has 0 saturated carbocycles. The van der Waals surface area contributed by atoms with Gasteiger partial charge in [-0.15, -0.1) is 0 Å². The number of benzene rings is 5. The van der Waals surface area contributed by atoms with Gasteiger partial charge in [0.1, 0.15) is 23.5 Å². The van der Waals surface area contributed by atoms with Gasteiger partial charge in [0.2, 0.25) is 0 Å². The summed E-state index contributed by atoms with van der Waals surface area (Å²) in [6, 6.07) is 24.9. The van der Waals surface area contributed by atoms with Crippen molar-refractivity contribution in [2.75, 3.05) is 32.3 Å². The fourth-order valence-corrected chi connectivity index (χ4v) is 10.2. The number of esters is 2. The van der Waals surface area contributed by atoms with Gasteiger partial charge in [-0.3, -0.25) is 23.2 Å². The summed E-state index contributed by atoms with van der Waals surface area (Å²) < 4.78 is 52.5. The monoisotopic (exact) mass is 1030 g/mol. The van der Waals surface area contributed by atoms with Crippen LogP contribution in [0, 0.1) is 27.7 Å². The molecule has 0 atom stereocenters. The van der Waals surface area contributed by atoms with E-state index in [0.29, 0.717) is 73.7 Å². The van der Waals surface area contributed by atoms with Crippen molar-refractivity contribution < 1.29 is 51.6 Å². The van der Waals surface area contributed by atoms with Gasteiger partial charge in [-0.1, -0.05) is 51.1 Å². The number of rotatable bonds is 15. The number of aromatic nitrogens is 1. The van der Waals surface area contributed by atoms with Crippen LogP contribution in [0.25, 0.3) is 27.5 Å². The smallest absolute Gasteiger partial charge is 0.497 e. The van der Waals surface area contributed by atoms with Crippen LogP contribution < -0.4 is 14.4 Å². The second-order valence-electron chi connectivity index (χ2n) is 19.9. The Labute approximate surface area is 443 Å². The number of anilines is 1. The predicted molar refractivity (Wildman–Crippen MR) is 296 cm³/mol. The molecule has 0 unspecified atom stereocenters. The number of fused-ring (bicyclic) bond motifs is 2. The van der Waals surface area contributed by atoms with Crippen molar-refractivity contribution in [3.8, 4) is 28.4 Å². The maximum absolute atomic E-state index is 14.7. The molecule has 0 bridgehead atoms. The maximum Gasteiger partial charge on any atom is 0.677 e. The summed E-state index contributed by atoms with van der Waals surface area (Å²) in [6.45, 7) is 20.4. The molecule has 15 heteroatoms. The number of ether oxygens (including phenoxy) is 4. The SMILES string of the molecule is CCOC(=O)C1=C(C)/C(=C(\c2c(C)cc(OC)cc2C)c2c(C)c(C(=O)OCC)c(C)n2B(F)F)N=C1C.CN(C(=O)c1ccc2c3c(ccc(C=O)c13)-c1cc(C(C)(C)C)ccc1O2)c1ccc(CCCC=O)cc1. The quantitative estimate of drug-likeness (QED) is 0.0424. The first-order valence-corrected chi connectivity index (χ1v) is 25.3. The zero-order valence-corrected chi connectivity index (χ0v) is 45.5. The lowest BCUT2D eigenvalue weighted by Gasteiger charge is -2.27. The Morgan fingerprint density at radius 1 is 0.789 bits per heavy atom. The number of aliphatic imine (C=N–C) groups is 1. The number of aldehydes is 2.